The fourth-order valence-corrected chi connectivity index (χ4v) is 2.81. The van der Waals surface area contributed by atoms with E-state index in [-0.39, 0.29) is 0 Å². The van der Waals surface area contributed by atoms with Gasteiger partial charge in [0.1, 0.15) is 0 Å². The summed E-state index contributed by atoms with van der Waals surface area (Å²) in [4.78, 5) is 4.67. The van der Waals surface area contributed by atoms with Crippen LogP contribution in [-0.2, 0) is 10.0 Å². The molecule has 0 aliphatic carbocycles. The Morgan fingerprint density at radius 3 is 2.24 bits per heavy atom. The second-order valence-electron chi connectivity index (χ2n) is 6.01. The van der Waals surface area contributed by atoms with E-state index in [0.29, 0.717) is 24.9 Å². The molecule has 0 atom stereocenters. The van der Waals surface area contributed by atoms with E-state index >= 15 is 0 Å². The summed E-state index contributed by atoms with van der Waals surface area (Å²) < 4.78 is 24.6. The fraction of sp³-hybridized carbons (Fsp3) is 0.667. The molecule has 1 rings (SSSR count). The average molecular weight is 313 g/mol. The highest BCUT2D eigenvalue weighted by Crippen LogP contribution is 2.31. The van der Waals surface area contributed by atoms with Crippen LogP contribution in [0.3, 0.4) is 0 Å². The molecule has 6 heteroatoms. The Morgan fingerprint density at radius 2 is 1.76 bits per heavy atom. The minimum absolute atomic E-state index is 0.358. The molecule has 0 saturated carbocycles. The summed E-state index contributed by atoms with van der Waals surface area (Å²) in [6.45, 7) is 11.5. The normalized spacial score (nSPS) is 12.2. The van der Waals surface area contributed by atoms with Crippen LogP contribution in [0.1, 0.15) is 56.5 Å². The van der Waals surface area contributed by atoms with Crippen LogP contribution >= 0.6 is 0 Å². The summed E-state index contributed by atoms with van der Waals surface area (Å²) in [6, 6.07) is 2.03. The third-order valence-corrected chi connectivity index (χ3v) is 3.87. The Kier molecular flexibility index (Phi) is 6.16. The van der Waals surface area contributed by atoms with E-state index in [1.807, 2.05) is 13.0 Å². The molecule has 0 fully saturated rings. The molecule has 2 N–H and O–H groups in total. The molecule has 0 unspecified atom stereocenters. The molecule has 1 aromatic rings. The van der Waals surface area contributed by atoms with E-state index in [0.717, 1.165) is 17.1 Å². The Bertz CT molecular complexity index is 581. The van der Waals surface area contributed by atoms with Crippen LogP contribution in [0.15, 0.2) is 6.07 Å². The lowest BCUT2D eigenvalue weighted by molar-refractivity contribution is 0.589. The van der Waals surface area contributed by atoms with Crippen LogP contribution in [0.2, 0.25) is 0 Å². The summed E-state index contributed by atoms with van der Waals surface area (Å²) >= 11 is 0. The van der Waals surface area contributed by atoms with Gasteiger partial charge in [-0.3, -0.25) is 4.98 Å². The van der Waals surface area contributed by atoms with Crippen molar-refractivity contribution < 1.29 is 8.42 Å². The van der Waals surface area contributed by atoms with Crippen molar-refractivity contribution in [3.05, 3.63) is 23.0 Å². The Hall–Kier alpha value is -1.14. The van der Waals surface area contributed by atoms with Crippen molar-refractivity contribution in [3.8, 4) is 0 Å². The van der Waals surface area contributed by atoms with Crippen LogP contribution in [0.4, 0.5) is 5.69 Å². The maximum absolute atomic E-state index is 11.1. The molecule has 0 saturated heterocycles. The minimum Gasteiger partial charge on any atom is -0.383 e. The molecule has 0 aliphatic rings. The Morgan fingerprint density at radius 1 is 1.14 bits per heavy atom. The van der Waals surface area contributed by atoms with Gasteiger partial charge in [0.05, 0.1) is 6.26 Å². The quantitative estimate of drug-likeness (QED) is 0.759. The lowest BCUT2D eigenvalue weighted by Gasteiger charge is -2.21. The summed E-state index contributed by atoms with van der Waals surface area (Å²) in [5.41, 5.74) is 4.36. The zero-order valence-corrected chi connectivity index (χ0v) is 14.6. The van der Waals surface area contributed by atoms with Crippen LogP contribution in [0.25, 0.3) is 0 Å². The van der Waals surface area contributed by atoms with Gasteiger partial charge < -0.3 is 5.32 Å². The number of anilines is 1. The maximum Gasteiger partial charge on any atom is 0.208 e. The summed E-state index contributed by atoms with van der Waals surface area (Å²) in [5, 5.41) is 3.34. The van der Waals surface area contributed by atoms with Crippen molar-refractivity contribution in [1.82, 2.24) is 9.71 Å². The van der Waals surface area contributed by atoms with Gasteiger partial charge in [-0.1, -0.05) is 27.7 Å². The van der Waals surface area contributed by atoms with Crippen LogP contribution in [-0.4, -0.2) is 32.7 Å². The molecule has 1 aromatic heterocycles. The van der Waals surface area contributed by atoms with E-state index in [2.05, 4.69) is 42.7 Å². The molecular formula is C15H27N3O2S. The van der Waals surface area contributed by atoms with Gasteiger partial charge in [0.15, 0.2) is 0 Å². The number of pyridine rings is 1. The van der Waals surface area contributed by atoms with Gasteiger partial charge in [-0.15, -0.1) is 0 Å². The second-order valence-corrected chi connectivity index (χ2v) is 7.85. The smallest absolute Gasteiger partial charge is 0.208 e. The van der Waals surface area contributed by atoms with Crippen molar-refractivity contribution in [2.75, 3.05) is 24.7 Å². The molecule has 1 heterocycles. The number of hydrogen-bond acceptors (Lipinski definition) is 4. The monoisotopic (exact) mass is 313 g/mol. The number of sulfonamides is 1. The molecule has 21 heavy (non-hydrogen) atoms. The molecule has 5 nitrogen and oxygen atoms in total. The number of nitrogens with one attached hydrogen (secondary N) is 2. The van der Waals surface area contributed by atoms with Crippen molar-refractivity contribution in [2.24, 2.45) is 0 Å². The summed E-state index contributed by atoms with van der Waals surface area (Å²) in [6.07, 6.45) is 1.17. The molecular weight excluding hydrogens is 286 g/mol. The third-order valence-electron chi connectivity index (χ3n) is 3.15. The number of nitrogens with zero attached hydrogens (tertiary/aromatic N) is 1. The molecule has 0 radical (unpaired) electrons. The zero-order valence-electron chi connectivity index (χ0n) is 13.8. The number of aryl methyl sites for hydroxylation is 1. The first-order valence-electron chi connectivity index (χ1n) is 7.31. The molecule has 0 aliphatic heterocycles. The van der Waals surface area contributed by atoms with Gasteiger partial charge >= 0.3 is 0 Å². The fourth-order valence-electron chi connectivity index (χ4n) is 2.33. The third kappa shape index (κ3) is 5.63. The summed E-state index contributed by atoms with van der Waals surface area (Å²) in [5.74, 6) is 0.720. The first kappa shape index (κ1) is 17.9. The van der Waals surface area contributed by atoms with Crippen molar-refractivity contribution in [3.63, 3.8) is 0 Å². The van der Waals surface area contributed by atoms with Crippen LogP contribution in [0.5, 0.6) is 0 Å². The van der Waals surface area contributed by atoms with E-state index in [1.54, 1.807) is 0 Å². The average Bonchev–Trinajstić information content (AvgIpc) is 2.32. The molecule has 0 spiro atoms. The second kappa shape index (κ2) is 7.22. The standard InChI is InChI=1S/C15H27N3O2S/c1-10(2)14-13(16-7-8-17-21(6,19)20)9-12(5)18-15(14)11(3)4/h9-11,17H,7-8H2,1-6H3,(H,16,18). The lowest BCUT2D eigenvalue weighted by Crippen LogP contribution is -2.28. The highest BCUT2D eigenvalue weighted by molar-refractivity contribution is 7.88. The minimum atomic E-state index is -3.14. The SMILES string of the molecule is Cc1cc(NCCNS(C)(=O)=O)c(C(C)C)c(C(C)C)n1. The van der Waals surface area contributed by atoms with E-state index in [4.69, 9.17) is 0 Å². The van der Waals surface area contributed by atoms with Gasteiger partial charge in [-0.05, 0) is 30.4 Å². The van der Waals surface area contributed by atoms with Crippen LogP contribution < -0.4 is 10.0 Å². The van der Waals surface area contributed by atoms with Crippen molar-refractivity contribution in [2.45, 2.75) is 46.5 Å². The highest BCUT2D eigenvalue weighted by atomic mass is 32.2. The number of hydrogen-bond donors (Lipinski definition) is 2. The Balaban J connectivity index is 2.95. The van der Waals surface area contributed by atoms with Crippen molar-refractivity contribution in [1.29, 1.82) is 0 Å². The Labute approximate surface area is 128 Å². The number of aromatic nitrogens is 1. The van der Waals surface area contributed by atoms with Gasteiger partial charge in [0, 0.05) is 30.2 Å². The zero-order chi connectivity index (χ0) is 16.2. The highest BCUT2D eigenvalue weighted by Gasteiger charge is 2.16. The largest absolute Gasteiger partial charge is 0.383 e. The van der Waals surface area contributed by atoms with Gasteiger partial charge in [0.25, 0.3) is 0 Å². The molecule has 0 aromatic carbocycles. The first-order valence-corrected chi connectivity index (χ1v) is 9.21. The van der Waals surface area contributed by atoms with Gasteiger partial charge in [-0.2, -0.15) is 0 Å². The predicted molar refractivity (Wildman–Crippen MR) is 88.5 cm³/mol. The van der Waals surface area contributed by atoms with E-state index < -0.39 is 10.0 Å². The number of rotatable bonds is 7. The topological polar surface area (TPSA) is 71.1 Å². The van der Waals surface area contributed by atoms with Gasteiger partial charge in [0.2, 0.25) is 10.0 Å². The predicted octanol–water partition coefficient (Wildman–Crippen LogP) is 2.60. The molecule has 0 bridgehead atoms. The van der Waals surface area contributed by atoms with E-state index in [9.17, 15) is 8.42 Å². The van der Waals surface area contributed by atoms with Crippen LogP contribution in [0, 0.1) is 6.92 Å². The van der Waals surface area contributed by atoms with Gasteiger partial charge in [-0.25, -0.2) is 13.1 Å². The van der Waals surface area contributed by atoms with Crippen molar-refractivity contribution >= 4 is 15.7 Å². The van der Waals surface area contributed by atoms with E-state index in [1.165, 1.54) is 11.8 Å². The lowest BCUT2D eigenvalue weighted by atomic mass is 9.93. The maximum atomic E-state index is 11.1. The summed E-state index contributed by atoms with van der Waals surface area (Å²) in [7, 11) is -3.14. The molecule has 0 amide bonds. The first-order chi connectivity index (χ1) is 9.61. The molecule has 120 valence electrons.